The maximum absolute atomic E-state index is 12.1. The second-order valence-electron chi connectivity index (χ2n) is 7.24. The van der Waals surface area contributed by atoms with Gasteiger partial charge < -0.3 is 9.47 Å². The Morgan fingerprint density at radius 1 is 0.786 bits per heavy atom. The summed E-state index contributed by atoms with van der Waals surface area (Å²) >= 11 is 0. The standard InChI is InChI=1S/C24H30O4/c1-4-7-20(12-14-27-23(25)21-10-5-8-18(2)16-21)13-15-28-24(26)22-11-6-9-19(3)17-22/h5-6,8-11,16-17,20H,4,7,12-15H2,1-3H3. The zero-order valence-electron chi connectivity index (χ0n) is 17.1. The van der Waals surface area contributed by atoms with Crippen molar-refractivity contribution in [2.75, 3.05) is 13.2 Å². The molecule has 0 N–H and O–H groups in total. The van der Waals surface area contributed by atoms with Crippen LogP contribution < -0.4 is 0 Å². The molecule has 0 saturated heterocycles. The molecule has 0 spiro atoms. The van der Waals surface area contributed by atoms with Gasteiger partial charge in [0.2, 0.25) is 0 Å². The van der Waals surface area contributed by atoms with Gasteiger partial charge in [-0.2, -0.15) is 0 Å². The molecule has 0 atom stereocenters. The average molecular weight is 383 g/mol. The summed E-state index contributed by atoms with van der Waals surface area (Å²) in [4.78, 5) is 24.3. The number of carbonyl (C=O) groups is 2. The third-order valence-corrected chi connectivity index (χ3v) is 4.72. The maximum Gasteiger partial charge on any atom is 0.338 e. The molecule has 0 fully saturated rings. The van der Waals surface area contributed by atoms with E-state index in [1.54, 1.807) is 12.1 Å². The summed E-state index contributed by atoms with van der Waals surface area (Å²) < 4.78 is 10.8. The molecule has 2 rings (SSSR count). The number of aryl methyl sites for hydroxylation is 2. The molecule has 4 nitrogen and oxygen atoms in total. The molecular weight excluding hydrogens is 352 g/mol. The van der Waals surface area contributed by atoms with E-state index in [0.29, 0.717) is 30.3 Å². The van der Waals surface area contributed by atoms with Gasteiger partial charge in [0.1, 0.15) is 0 Å². The number of hydrogen-bond acceptors (Lipinski definition) is 4. The SMILES string of the molecule is CCCC(CCOC(=O)c1cccc(C)c1)CCOC(=O)c1cccc(C)c1. The van der Waals surface area contributed by atoms with Crippen LogP contribution in [0.4, 0.5) is 0 Å². The fourth-order valence-corrected chi connectivity index (χ4v) is 3.19. The van der Waals surface area contributed by atoms with Gasteiger partial charge in [-0.25, -0.2) is 9.59 Å². The van der Waals surface area contributed by atoms with Crippen molar-refractivity contribution in [2.45, 2.75) is 46.5 Å². The Labute approximate surface area is 167 Å². The van der Waals surface area contributed by atoms with Crippen LogP contribution in [0.1, 0.15) is 64.4 Å². The van der Waals surface area contributed by atoms with Crippen LogP contribution in [0.25, 0.3) is 0 Å². The lowest BCUT2D eigenvalue weighted by Crippen LogP contribution is -2.14. The highest BCUT2D eigenvalue weighted by Gasteiger charge is 2.13. The first-order chi connectivity index (χ1) is 13.5. The summed E-state index contributed by atoms with van der Waals surface area (Å²) in [5, 5.41) is 0. The minimum atomic E-state index is -0.287. The lowest BCUT2D eigenvalue weighted by atomic mass is 9.97. The molecule has 28 heavy (non-hydrogen) atoms. The van der Waals surface area contributed by atoms with Crippen LogP contribution >= 0.6 is 0 Å². The minimum absolute atomic E-state index is 0.287. The summed E-state index contributed by atoms with van der Waals surface area (Å²) in [6.45, 7) is 6.79. The summed E-state index contributed by atoms with van der Waals surface area (Å²) in [6, 6.07) is 14.8. The zero-order valence-corrected chi connectivity index (χ0v) is 17.1. The first-order valence-electron chi connectivity index (χ1n) is 9.97. The molecule has 2 aromatic carbocycles. The molecule has 0 saturated carbocycles. The van der Waals surface area contributed by atoms with Gasteiger partial charge in [0.05, 0.1) is 24.3 Å². The predicted octanol–water partition coefficient (Wildman–Crippen LogP) is 5.51. The fraction of sp³-hybridized carbons (Fsp3) is 0.417. The Balaban J connectivity index is 1.75. The molecule has 0 heterocycles. The normalized spacial score (nSPS) is 10.7. The molecule has 0 aliphatic rings. The molecule has 0 radical (unpaired) electrons. The predicted molar refractivity (Wildman–Crippen MR) is 111 cm³/mol. The smallest absolute Gasteiger partial charge is 0.338 e. The molecule has 2 aromatic rings. The number of rotatable bonds is 10. The van der Waals surface area contributed by atoms with E-state index >= 15 is 0 Å². The molecule has 0 aliphatic carbocycles. The van der Waals surface area contributed by atoms with Gasteiger partial charge in [-0.15, -0.1) is 0 Å². The highest BCUT2D eigenvalue weighted by molar-refractivity contribution is 5.90. The molecular formula is C24H30O4. The molecule has 0 aliphatic heterocycles. The van der Waals surface area contributed by atoms with Crippen LogP contribution in [0.5, 0.6) is 0 Å². The van der Waals surface area contributed by atoms with Crippen molar-refractivity contribution >= 4 is 11.9 Å². The molecule has 0 unspecified atom stereocenters. The largest absolute Gasteiger partial charge is 0.462 e. The minimum Gasteiger partial charge on any atom is -0.462 e. The molecule has 150 valence electrons. The molecule has 4 heteroatoms. The van der Waals surface area contributed by atoms with Crippen molar-refractivity contribution in [1.82, 2.24) is 0 Å². The van der Waals surface area contributed by atoms with E-state index in [9.17, 15) is 9.59 Å². The monoisotopic (exact) mass is 382 g/mol. The summed E-state index contributed by atoms with van der Waals surface area (Å²) in [5.41, 5.74) is 3.24. The lowest BCUT2D eigenvalue weighted by Gasteiger charge is -2.16. The second-order valence-corrected chi connectivity index (χ2v) is 7.24. The van der Waals surface area contributed by atoms with Gasteiger partial charge in [-0.1, -0.05) is 55.2 Å². The van der Waals surface area contributed by atoms with Crippen LogP contribution in [0.3, 0.4) is 0 Å². The van der Waals surface area contributed by atoms with E-state index in [0.717, 1.165) is 36.8 Å². The summed E-state index contributed by atoms with van der Waals surface area (Å²) in [6.07, 6.45) is 3.60. The van der Waals surface area contributed by atoms with E-state index in [1.807, 2.05) is 50.2 Å². The van der Waals surface area contributed by atoms with Gasteiger partial charge in [0.25, 0.3) is 0 Å². The Bertz CT molecular complexity index is 718. The van der Waals surface area contributed by atoms with Crippen LogP contribution in [0, 0.1) is 19.8 Å². The number of carbonyl (C=O) groups excluding carboxylic acids is 2. The second kappa shape index (κ2) is 11.3. The van der Waals surface area contributed by atoms with Crippen LogP contribution in [0.2, 0.25) is 0 Å². The first kappa shape index (κ1) is 21.7. The Kier molecular flexibility index (Phi) is 8.73. The fourth-order valence-electron chi connectivity index (χ4n) is 3.19. The Morgan fingerprint density at radius 2 is 1.25 bits per heavy atom. The van der Waals surface area contributed by atoms with Crippen molar-refractivity contribution in [3.8, 4) is 0 Å². The highest BCUT2D eigenvalue weighted by Crippen LogP contribution is 2.17. The van der Waals surface area contributed by atoms with Crippen molar-refractivity contribution in [1.29, 1.82) is 0 Å². The highest BCUT2D eigenvalue weighted by atomic mass is 16.5. The number of benzene rings is 2. The first-order valence-corrected chi connectivity index (χ1v) is 9.97. The van der Waals surface area contributed by atoms with E-state index in [2.05, 4.69) is 6.92 Å². The summed E-state index contributed by atoms with van der Waals surface area (Å²) in [5.74, 6) is -0.213. The molecule has 0 aromatic heterocycles. The van der Waals surface area contributed by atoms with Crippen molar-refractivity contribution in [2.24, 2.45) is 5.92 Å². The van der Waals surface area contributed by atoms with Gasteiger partial charge in [-0.3, -0.25) is 0 Å². The topological polar surface area (TPSA) is 52.6 Å². The Hall–Kier alpha value is -2.62. The van der Waals surface area contributed by atoms with Gasteiger partial charge >= 0.3 is 11.9 Å². The van der Waals surface area contributed by atoms with Crippen molar-refractivity contribution < 1.29 is 19.1 Å². The molecule has 0 amide bonds. The zero-order chi connectivity index (χ0) is 20.4. The third-order valence-electron chi connectivity index (χ3n) is 4.72. The number of ether oxygens (including phenoxy) is 2. The number of hydrogen-bond donors (Lipinski definition) is 0. The van der Waals surface area contributed by atoms with Gasteiger partial charge in [0, 0.05) is 0 Å². The van der Waals surface area contributed by atoms with Crippen LogP contribution in [0.15, 0.2) is 48.5 Å². The summed E-state index contributed by atoms with van der Waals surface area (Å²) in [7, 11) is 0. The van der Waals surface area contributed by atoms with Crippen LogP contribution in [-0.4, -0.2) is 25.2 Å². The van der Waals surface area contributed by atoms with Crippen molar-refractivity contribution in [3.63, 3.8) is 0 Å². The van der Waals surface area contributed by atoms with E-state index in [1.165, 1.54) is 0 Å². The molecule has 0 bridgehead atoms. The Morgan fingerprint density at radius 3 is 1.64 bits per heavy atom. The van der Waals surface area contributed by atoms with E-state index in [-0.39, 0.29) is 11.9 Å². The van der Waals surface area contributed by atoms with E-state index in [4.69, 9.17) is 9.47 Å². The van der Waals surface area contributed by atoms with Gasteiger partial charge in [-0.05, 0) is 56.9 Å². The number of esters is 2. The van der Waals surface area contributed by atoms with E-state index < -0.39 is 0 Å². The lowest BCUT2D eigenvalue weighted by molar-refractivity contribution is 0.0439. The maximum atomic E-state index is 12.1. The van der Waals surface area contributed by atoms with Crippen molar-refractivity contribution in [3.05, 3.63) is 70.8 Å². The van der Waals surface area contributed by atoms with Gasteiger partial charge in [0.15, 0.2) is 0 Å². The average Bonchev–Trinajstić information content (AvgIpc) is 2.67. The quantitative estimate of drug-likeness (QED) is 0.508. The third kappa shape index (κ3) is 7.18. The van der Waals surface area contributed by atoms with Crippen LogP contribution in [-0.2, 0) is 9.47 Å².